The minimum atomic E-state index is -3.85. The van der Waals surface area contributed by atoms with Crippen LogP contribution in [0.3, 0.4) is 0 Å². The number of halogens is 1. The molecule has 0 saturated heterocycles. The van der Waals surface area contributed by atoms with Crippen LogP contribution in [0.5, 0.6) is 0 Å². The largest absolute Gasteiger partial charge is 0.387 e. The molecular formula is C11H18ClN3O4S. The third kappa shape index (κ3) is 4.88. The van der Waals surface area contributed by atoms with Gasteiger partial charge in [0.2, 0.25) is 10.0 Å². The summed E-state index contributed by atoms with van der Waals surface area (Å²) in [5.74, 6) is 0. The van der Waals surface area contributed by atoms with Crippen molar-refractivity contribution in [2.24, 2.45) is 0 Å². The SMILES string of the molecule is CN(C)CC(C)(O)CNS(=O)(=O)c1c[nH]c(=O)c(Cl)c1. The van der Waals surface area contributed by atoms with E-state index in [2.05, 4.69) is 9.71 Å². The number of aromatic amines is 1. The van der Waals surface area contributed by atoms with Gasteiger partial charge in [-0.3, -0.25) is 4.79 Å². The third-order valence-corrected chi connectivity index (χ3v) is 4.10. The van der Waals surface area contributed by atoms with Crippen LogP contribution < -0.4 is 10.3 Å². The molecule has 1 unspecified atom stereocenters. The Kier molecular flexibility index (Phi) is 5.33. The number of hydrogen-bond acceptors (Lipinski definition) is 5. The van der Waals surface area contributed by atoms with Crippen molar-refractivity contribution in [1.29, 1.82) is 0 Å². The highest BCUT2D eigenvalue weighted by atomic mass is 35.5. The van der Waals surface area contributed by atoms with Crippen molar-refractivity contribution in [3.05, 3.63) is 27.6 Å². The molecule has 1 rings (SSSR count). The molecule has 0 amide bonds. The molecular weight excluding hydrogens is 306 g/mol. The number of likely N-dealkylation sites (N-methyl/N-ethyl adjacent to an activating group) is 1. The molecule has 1 aromatic heterocycles. The number of nitrogens with one attached hydrogen (secondary N) is 2. The molecule has 9 heteroatoms. The lowest BCUT2D eigenvalue weighted by Gasteiger charge is -2.26. The molecule has 0 radical (unpaired) electrons. The van der Waals surface area contributed by atoms with Gasteiger partial charge in [0.1, 0.15) is 5.02 Å². The van der Waals surface area contributed by atoms with Gasteiger partial charge in [0, 0.05) is 19.3 Å². The average Bonchev–Trinajstić information content (AvgIpc) is 2.29. The Bertz CT molecular complexity index is 625. The Hall–Kier alpha value is -0.930. The van der Waals surface area contributed by atoms with Gasteiger partial charge in [0.25, 0.3) is 5.56 Å². The van der Waals surface area contributed by atoms with Gasteiger partial charge in [-0.15, -0.1) is 0 Å². The number of pyridine rings is 1. The fourth-order valence-electron chi connectivity index (χ4n) is 1.66. The summed E-state index contributed by atoms with van der Waals surface area (Å²) in [6.07, 6.45) is 1.05. The van der Waals surface area contributed by atoms with Gasteiger partial charge in [0.05, 0.1) is 10.5 Å². The molecule has 7 nitrogen and oxygen atoms in total. The first-order valence-electron chi connectivity index (χ1n) is 5.78. The molecule has 1 atom stereocenters. The summed E-state index contributed by atoms with van der Waals surface area (Å²) < 4.78 is 26.3. The molecule has 0 aromatic carbocycles. The summed E-state index contributed by atoms with van der Waals surface area (Å²) in [4.78, 5) is 14.9. The standard InChI is InChI=1S/C11H18ClN3O4S/c1-11(17,7-15(2)3)6-14-20(18,19)8-4-9(12)10(16)13-5-8/h4-5,14,17H,6-7H2,1-3H3,(H,13,16). The van der Waals surface area contributed by atoms with Gasteiger partial charge in [0.15, 0.2) is 0 Å². The highest BCUT2D eigenvalue weighted by Gasteiger charge is 2.25. The van der Waals surface area contributed by atoms with Crippen molar-refractivity contribution in [3.63, 3.8) is 0 Å². The maximum Gasteiger partial charge on any atom is 0.266 e. The minimum absolute atomic E-state index is 0.162. The Morgan fingerprint density at radius 2 is 2.10 bits per heavy atom. The first-order chi connectivity index (χ1) is 9.03. The van der Waals surface area contributed by atoms with E-state index in [1.807, 2.05) is 0 Å². The smallest absolute Gasteiger partial charge is 0.266 e. The van der Waals surface area contributed by atoms with E-state index < -0.39 is 21.2 Å². The number of rotatable bonds is 6. The van der Waals surface area contributed by atoms with Crippen LogP contribution in [0.2, 0.25) is 5.02 Å². The second kappa shape index (κ2) is 6.23. The molecule has 0 fully saturated rings. The van der Waals surface area contributed by atoms with Crippen molar-refractivity contribution >= 4 is 21.6 Å². The summed E-state index contributed by atoms with van der Waals surface area (Å²) in [5, 5.41) is 9.83. The average molecular weight is 324 g/mol. The summed E-state index contributed by atoms with van der Waals surface area (Å²) >= 11 is 5.59. The monoisotopic (exact) mass is 323 g/mol. The fraction of sp³-hybridized carbons (Fsp3) is 0.545. The predicted molar refractivity (Wildman–Crippen MR) is 76.4 cm³/mol. The maximum atomic E-state index is 12.0. The van der Waals surface area contributed by atoms with Gasteiger partial charge >= 0.3 is 0 Å². The summed E-state index contributed by atoms with van der Waals surface area (Å²) in [5.41, 5.74) is -1.78. The lowest BCUT2D eigenvalue weighted by atomic mass is 10.1. The summed E-state index contributed by atoms with van der Waals surface area (Å²) in [7, 11) is -0.315. The minimum Gasteiger partial charge on any atom is -0.387 e. The van der Waals surface area contributed by atoms with E-state index in [0.29, 0.717) is 6.54 Å². The lowest BCUT2D eigenvalue weighted by Crippen LogP contribution is -2.47. The second-order valence-electron chi connectivity index (χ2n) is 5.07. The number of H-pyrrole nitrogens is 1. The quantitative estimate of drug-likeness (QED) is 0.662. The first-order valence-corrected chi connectivity index (χ1v) is 7.65. The van der Waals surface area contributed by atoms with E-state index in [1.165, 1.54) is 6.92 Å². The van der Waals surface area contributed by atoms with Gasteiger partial charge in [-0.1, -0.05) is 11.6 Å². The van der Waals surface area contributed by atoms with Crippen LogP contribution >= 0.6 is 11.6 Å². The van der Waals surface area contributed by atoms with Crippen molar-refractivity contribution < 1.29 is 13.5 Å². The van der Waals surface area contributed by atoms with Gasteiger partial charge in [-0.2, -0.15) is 0 Å². The first kappa shape index (κ1) is 17.1. The van der Waals surface area contributed by atoms with E-state index in [0.717, 1.165) is 12.3 Å². The predicted octanol–water partition coefficient (Wildman–Crippen LogP) is -0.381. The van der Waals surface area contributed by atoms with Crippen LogP contribution in [0.4, 0.5) is 0 Å². The van der Waals surface area contributed by atoms with Crippen LogP contribution in [0.1, 0.15) is 6.92 Å². The molecule has 0 spiro atoms. The van der Waals surface area contributed by atoms with E-state index in [1.54, 1.807) is 19.0 Å². The molecule has 114 valence electrons. The molecule has 20 heavy (non-hydrogen) atoms. The number of hydrogen-bond donors (Lipinski definition) is 3. The van der Waals surface area contributed by atoms with Crippen LogP contribution in [-0.2, 0) is 10.0 Å². The van der Waals surface area contributed by atoms with Crippen molar-refractivity contribution in [2.45, 2.75) is 17.4 Å². The number of nitrogens with zero attached hydrogens (tertiary/aromatic N) is 1. The normalized spacial score (nSPS) is 15.3. The third-order valence-electron chi connectivity index (χ3n) is 2.44. The highest BCUT2D eigenvalue weighted by Crippen LogP contribution is 2.11. The van der Waals surface area contributed by atoms with Crippen LogP contribution in [-0.4, -0.2) is 56.2 Å². The molecule has 3 N–H and O–H groups in total. The zero-order valence-electron chi connectivity index (χ0n) is 11.5. The number of aliphatic hydroxyl groups is 1. The molecule has 0 aliphatic heterocycles. The number of sulfonamides is 1. The molecule has 0 saturated carbocycles. The fourth-order valence-corrected chi connectivity index (χ4v) is 3.06. The zero-order chi connectivity index (χ0) is 15.6. The van der Waals surface area contributed by atoms with E-state index in [-0.39, 0.29) is 16.5 Å². The second-order valence-corrected chi connectivity index (χ2v) is 7.25. The molecule has 0 aliphatic rings. The summed E-state index contributed by atoms with van der Waals surface area (Å²) in [6.45, 7) is 1.65. The van der Waals surface area contributed by atoms with Crippen LogP contribution in [0.25, 0.3) is 0 Å². The van der Waals surface area contributed by atoms with Crippen molar-refractivity contribution in [1.82, 2.24) is 14.6 Å². The molecule has 0 aliphatic carbocycles. The maximum absolute atomic E-state index is 12.0. The Morgan fingerprint density at radius 3 is 2.60 bits per heavy atom. The molecule has 1 heterocycles. The lowest BCUT2D eigenvalue weighted by molar-refractivity contribution is 0.0386. The van der Waals surface area contributed by atoms with Crippen molar-refractivity contribution in [3.8, 4) is 0 Å². The zero-order valence-corrected chi connectivity index (χ0v) is 13.0. The highest BCUT2D eigenvalue weighted by molar-refractivity contribution is 7.89. The van der Waals surface area contributed by atoms with E-state index in [9.17, 15) is 18.3 Å². The van der Waals surface area contributed by atoms with E-state index in [4.69, 9.17) is 11.6 Å². The molecule has 1 aromatic rings. The molecule has 0 bridgehead atoms. The van der Waals surface area contributed by atoms with E-state index >= 15 is 0 Å². The topological polar surface area (TPSA) is 102 Å². The van der Waals surface area contributed by atoms with Gasteiger partial charge in [-0.25, -0.2) is 13.1 Å². The van der Waals surface area contributed by atoms with Gasteiger partial charge in [-0.05, 0) is 27.1 Å². The Morgan fingerprint density at radius 1 is 1.50 bits per heavy atom. The Labute approximate surface area is 122 Å². The Balaban J connectivity index is 2.85. The van der Waals surface area contributed by atoms with Crippen LogP contribution in [0.15, 0.2) is 22.0 Å². The summed E-state index contributed by atoms with van der Waals surface area (Å²) in [6, 6.07) is 1.06. The van der Waals surface area contributed by atoms with Gasteiger partial charge < -0.3 is 15.0 Å². The van der Waals surface area contributed by atoms with Crippen LogP contribution in [0, 0.1) is 0 Å². The number of aromatic nitrogens is 1. The van der Waals surface area contributed by atoms with Crippen molar-refractivity contribution in [2.75, 3.05) is 27.2 Å².